The first-order valence-corrected chi connectivity index (χ1v) is 2.88. The Hall–Kier alpha value is -0.610. The van der Waals surface area contributed by atoms with Crippen LogP contribution in [-0.2, 0) is 4.79 Å². The van der Waals surface area contributed by atoms with Gasteiger partial charge in [-0.2, -0.15) is 0 Å². The van der Waals surface area contributed by atoms with E-state index in [1.807, 2.05) is 6.54 Å². The summed E-state index contributed by atoms with van der Waals surface area (Å²) in [6.45, 7) is 3.17. The second kappa shape index (κ2) is 2.80. The number of carbonyl (C=O) groups is 1. The van der Waals surface area contributed by atoms with Crippen LogP contribution >= 0.6 is 0 Å². The fourth-order valence-electron chi connectivity index (χ4n) is 0.748. The molecule has 1 heterocycles. The zero-order chi connectivity index (χ0) is 6.69. The van der Waals surface area contributed by atoms with Gasteiger partial charge in [-0.1, -0.05) is 0 Å². The lowest BCUT2D eigenvalue weighted by Gasteiger charge is -2.20. The normalized spacial score (nSPS) is 27.8. The van der Waals surface area contributed by atoms with Crippen LogP contribution in [0.3, 0.4) is 0 Å². The number of amides is 1. The molecule has 0 spiro atoms. The summed E-state index contributed by atoms with van der Waals surface area (Å²) < 4.78 is 0. The molecule has 1 aliphatic rings. The Morgan fingerprint density at radius 1 is 1.78 bits per heavy atom. The summed E-state index contributed by atoms with van der Waals surface area (Å²) in [4.78, 5) is 10.5. The summed E-state index contributed by atoms with van der Waals surface area (Å²) in [6, 6.07) is -0.199. The van der Waals surface area contributed by atoms with E-state index in [4.69, 9.17) is 5.73 Å². The molecule has 1 atom stereocenters. The summed E-state index contributed by atoms with van der Waals surface area (Å²) in [5.74, 6) is -0.296. The minimum absolute atomic E-state index is 0.199. The predicted octanol–water partition coefficient (Wildman–Crippen LogP) is -1.81. The highest BCUT2D eigenvalue weighted by Crippen LogP contribution is 1.86. The number of carbonyl (C=O) groups excluding carboxylic acids is 1. The van der Waals surface area contributed by atoms with Gasteiger partial charge in [0, 0.05) is 19.6 Å². The van der Waals surface area contributed by atoms with Gasteiger partial charge in [-0.3, -0.25) is 4.79 Å². The van der Waals surface area contributed by atoms with Gasteiger partial charge in [0.05, 0.1) is 6.04 Å². The lowest BCUT2D eigenvalue weighted by molar-refractivity contribution is -0.120. The predicted molar refractivity (Wildman–Crippen MR) is 33.3 cm³/mol. The van der Waals surface area contributed by atoms with Crippen LogP contribution in [0.4, 0.5) is 0 Å². The molecular weight excluding hydrogens is 118 g/mol. The minimum atomic E-state index is -0.296. The first-order valence-electron chi connectivity index (χ1n) is 2.88. The van der Waals surface area contributed by atoms with Gasteiger partial charge >= 0.3 is 0 Å². The molecule has 0 saturated carbocycles. The van der Waals surface area contributed by atoms with Crippen molar-refractivity contribution in [3.8, 4) is 0 Å². The van der Waals surface area contributed by atoms with E-state index < -0.39 is 0 Å². The summed E-state index contributed by atoms with van der Waals surface area (Å²) in [5.41, 5.74) is 5.01. The summed E-state index contributed by atoms with van der Waals surface area (Å²) in [7, 11) is 0. The molecular formula is C5H10N3O. The van der Waals surface area contributed by atoms with Gasteiger partial charge in [-0.15, -0.1) is 0 Å². The molecule has 1 unspecified atom stereocenters. The third-order valence-corrected chi connectivity index (χ3v) is 1.28. The molecule has 0 bridgehead atoms. The molecule has 51 valence electrons. The van der Waals surface area contributed by atoms with E-state index in [-0.39, 0.29) is 11.9 Å². The summed E-state index contributed by atoms with van der Waals surface area (Å²) >= 11 is 0. The van der Waals surface area contributed by atoms with Crippen molar-refractivity contribution in [2.24, 2.45) is 5.73 Å². The lowest BCUT2D eigenvalue weighted by Crippen LogP contribution is -2.52. The number of hydrogen-bond acceptors (Lipinski definition) is 3. The summed E-state index contributed by atoms with van der Waals surface area (Å²) in [5, 5.41) is 5.85. The van der Waals surface area contributed by atoms with Crippen molar-refractivity contribution >= 4 is 5.91 Å². The van der Waals surface area contributed by atoms with Gasteiger partial charge in [0.2, 0.25) is 5.91 Å². The Balaban J connectivity index is 2.31. The van der Waals surface area contributed by atoms with Gasteiger partial charge in [-0.25, -0.2) is 0 Å². The highest BCUT2D eigenvalue weighted by molar-refractivity contribution is 5.80. The van der Waals surface area contributed by atoms with E-state index in [2.05, 4.69) is 10.6 Å². The second-order valence-electron chi connectivity index (χ2n) is 1.98. The van der Waals surface area contributed by atoms with Crippen molar-refractivity contribution in [2.75, 3.05) is 13.1 Å². The van der Waals surface area contributed by atoms with Crippen LogP contribution in [0, 0.1) is 6.54 Å². The Bertz CT molecular complexity index is 109. The van der Waals surface area contributed by atoms with Crippen LogP contribution in [0.5, 0.6) is 0 Å². The zero-order valence-corrected chi connectivity index (χ0v) is 5.05. The van der Waals surface area contributed by atoms with Gasteiger partial charge in [0.25, 0.3) is 0 Å². The van der Waals surface area contributed by atoms with Crippen LogP contribution < -0.4 is 16.4 Å². The van der Waals surface area contributed by atoms with E-state index in [9.17, 15) is 4.79 Å². The van der Waals surface area contributed by atoms with Crippen molar-refractivity contribution in [3.63, 3.8) is 0 Å². The van der Waals surface area contributed by atoms with Gasteiger partial charge in [-0.05, 0) is 0 Å². The first-order chi connectivity index (χ1) is 4.30. The second-order valence-corrected chi connectivity index (χ2v) is 1.98. The smallest absolute Gasteiger partial charge is 0.235 e. The zero-order valence-electron chi connectivity index (χ0n) is 5.05. The van der Waals surface area contributed by atoms with E-state index >= 15 is 0 Å². The fourth-order valence-corrected chi connectivity index (χ4v) is 0.748. The van der Waals surface area contributed by atoms with Crippen molar-refractivity contribution in [3.05, 3.63) is 6.54 Å². The molecule has 1 fully saturated rings. The lowest BCUT2D eigenvalue weighted by atomic mass is 10.2. The van der Waals surface area contributed by atoms with Crippen LogP contribution in [0.25, 0.3) is 0 Å². The van der Waals surface area contributed by atoms with E-state index in [1.54, 1.807) is 0 Å². The Kier molecular flexibility index (Phi) is 2.02. The number of nitrogens with two attached hydrogens (primary N) is 1. The maximum Gasteiger partial charge on any atom is 0.235 e. The molecule has 0 aromatic carbocycles. The first kappa shape index (κ1) is 6.51. The van der Waals surface area contributed by atoms with Crippen molar-refractivity contribution in [2.45, 2.75) is 6.04 Å². The van der Waals surface area contributed by atoms with E-state index in [0.29, 0.717) is 13.1 Å². The molecule has 4 N–H and O–H groups in total. The van der Waals surface area contributed by atoms with Crippen molar-refractivity contribution in [1.29, 1.82) is 0 Å². The maximum absolute atomic E-state index is 10.5. The van der Waals surface area contributed by atoms with Crippen molar-refractivity contribution in [1.82, 2.24) is 10.6 Å². The number of rotatable bonds is 1. The molecule has 0 aliphatic carbocycles. The SMILES string of the molecule is NC(=O)C1CN[CH]CN1. The van der Waals surface area contributed by atoms with Gasteiger partial charge in [0.15, 0.2) is 0 Å². The highest BCUT2D eigenvalue weighted by Gasteiger charge is 2.16. The highest BCUT2D eigenvalue weighted by atomic mass is 16.1. The third kappa shape index (κ3) is 1.65. The number of piperazine rings is 1. The van der Waals surface area contributed by atoms with Gasteiger partial charge in [0.1, 0.15) is 0 Å². The molecule has 1 saturated heterocycles. The molecule has 1 aliphatic heterocycles. The molecule has 4 nitrogen and oxygen atoms in total. The van der Waals surface area contributed by atoms with Crippen LogP contribution in [-0.4, -0.2) is 25.0 Å². The Morgan fingerprint density at radius 3 is 2.89 bits per heavy atom. The number of nitrogens with one attached hydrogen (secondary N) is 2. The number of primary amides is 1. The molecule has 0 aromatic rings. The quantitative estimate of drug-likeness (QED) is 0.390. The standard InChI is InChI=1S/C5H10N3O/c6-5(9)4-3-7-1-2-8-4/h1,4,7-8H,2-3H2,(H2,6,9). The minimum Gasteiger partial charge on any atom is -0.368 e. The van der Waals surface area contributed by atoms with E-state index in [0.717, 1.165) is 0 Å². The molecule has 1 rings (SSSR count). The average molecular weight is 128 g/mol. The van der Waals surface area contributed by atoms with Crippen LogP contribution in [0.1, 0.15) is 0 Å². The third-order valence-electron chi connectivity index (χ3n) is 1.28. The van der Waals surface area contributed by atoms with E-state index in [1.165, 1.54) is 0 Å². The van der Waals surface area contributed by atoms with Crippen LogP contribution in [0.15, 0.2) is 0 Å². The average Bonchev–Trinajstić information content (AvgIpc) is 1.90. The fraction of sp³-hybridized carbons (Fsp3) is 0.600. The maximum atomic E-state index is 10.5. The Labute approximate surface area is 53.8 Å². The number of hydrogen-bond donors (Lipinski definition) is 3. The largest absolute Gasteiger partial charge is 0.368 e. The molecule has 1 amide bonds. The van der Waals surface area contributed by atoms with Gasteiger partial charge < -0.3 is 16.4 Å². The topological polar surface area (TPSA) is 67.2 Å². The molecule has 9 heavy (non-hydrogen) atoms. The Morgan fingerprint density at radius 2 is 2.56 bits per heavy atom. The van der Waals surface area contributed by atoms with Crippen LogP contribution in [0.2, 0.25) is 0 Å². The monoisotopic (exact) mass is 128 g/mol. The molecule has 1 radical (unpaired) electrons. The molecule has 4 heteroatoms. The molecule has 0 aromatic heterocycles. The van der Waals surface area contributed by atoms with Crippen molar-refractivity contribution < 1.29 is 4.79 Å². The summed E-state index contributed by atoms with van der Waals surface area (Å²) in [6.07, 6.45) is 0.